The van der Waals surface area contributed by atoms with Gasteiger partial charge in [-0.25, -0.2) is 0 Å². The molecule has 0 spiro atoms. The Bertz CT molecular complexity index is 1080. The number of nitrogens with zero attached hydrogens (tertiary/aromatic N) is 2. The first-order valence-corrected chi connectivity index (χ1v) is 11.7. The number of alkyl halides is 3. The molecule has 0 aliphatic carbocycles. The lowest BCUT2D eigenvalue weighted by Crippen LogP contribution is -2.61. The molecule has 35 heavy (non-hydrogen) atoms. The van der Waals surface area contributed by atoms with Gasteiger partial charge in [-0.15, -0.1) is 0 Å². The van der Waals surface area contributed by atoms with Crippen molar-refractivity contribution in [3.8, 4) is 11.8 Å². The minimum absolute atomic E-state index is 0.0996. The molecule has 0 aromatic heterocycles. The second-order valence-corrected chi connectivity index (χ2v) is 9.07. The van der Waals surface area contributed by atoms with Gasteiger partial charge in [0.1, 0.15) is 17.4 Å². The normalized spacial score (nSPS) is 21.2. The van der Waals surface area contributed by atoms with Crippen molar-refractivity contribution in [3.63, 3.8) is 0 Å². The third kappa shape index (κ3) is 5.60. The van der Waals surface area contributed by atoms with Crippen LogP contribution in [-0.2, 0) is 15.7 Å². The molecule has 186 valence electrons. The standard InChI is InChI=1S/C26H28F3N3O3/c1-18(20-7-5-19(16-30)6-8-20)31-24(33)25(10-13-34-14-11-25)32-12-9-23(17-32)35-22-4-2-3-21(15-22)26(27,28)29/h2-8,15,18,23H,9-14,17H2,1H3,(H,31,33)/t18-,23+/m0/s1. The van der Waals surface area contributed by atoms with Gasteiger partial charge in [-0.05, 0) is 62.1 Å². The minimum atomic E-state index is -4.43. The fourth-order valence-corrected chi connectivity index (χ4v) is 4.81. The van der Waals surface area contributed by atoms with Crippen LogP contribution in [0.5, 0.6) is 5.75 Å². The van der Waals surface area contributed by atoms with Crippen molar-refractivity contribution in [2.75, 3.05) is 26.3 Å². The molecule has 2 heterocycles. The van der Waals surface area contributed by atoms with Crippen LogP contribution < -0.4 is 10.1 Å². The number of hydrogen-bond donors (Lipinski definition) is 1. The number of carbonyl (C=O) groups excluding carboxylic acids is 1. The number of nitriles is 1. The first-order chi connectivity index (χ1) is 16.7. The Balaban J connectivity index is 1.45. The molecule has 0 radical (unpaired) electrons. The second kappa shape index (κ2) is 10.3. The molecule has 2 aromatic rings. The summed E-state index contributed by atoms with van der Waals surface area (Å²) in [7, 11) is 0. The molecule has 2 saturated heterocycles. The summed E-state index contributed by atoms with van der Waals surface area (Å²) in [5.41, 5.74) is -0.0731. The fourth-order valence-electron chi connectivity index (χ4n) is 4.81. The zero-order valence-corrected chi connectivity index (χ0v) is 19.5. The summed E-state index contributed by atoms with van der Waals surface area (Å²) in [6.07, 6.45) is -3.10. The molecule has 9 heteroatoms. The van der Waals surface area contributed by atoms with Crippen molar-refractivity contribution >= 4 is 5.91 Å². The molecule has 2 aliphatic rings. The molecule has 0 saturated carbocycles. The third-order valence-electron chi connectivity index (χ3n) is 6.84. The molecular formula is C26H28F3N3O3. The number of ether oxygens (including phenoxy) is 2. The number of amides is 1. The lowest BCUT2D eigenvalue weighted by molar-refractivity contribution is -0.141. The van der Waals surface area contributed by atoms with E-state index in [2.05, 4.69) is 16.3 Å². The van der Waals surface area contributed by atoms with E-state index < -0.39 is 17.3 Å². The van der Waals surface area contributed by atoms with Gasteiger partial charge in [0.2, 0.25) is 5.91 Å². The van der Waals surface area contributed by atoms with Crippen molar-refractivity contribution in [1.29, 1.82) is 5.26 Å². The average Bonchev–Trinajstić information content (AvgIpc) is 3.33. The van der Waals surface area contributed by atoms with Crippen LogP contribution in [0, 0.1) is 11.3 Å². The van der Waals surface area contributed by atoms with Gasteiger partial charge < -0.3 is 14.8 Å². The highest BCUT2D eigenvalue weighted by molar-refractivity contribution is 5.87. The van der Waals surface area contributed by atoms with Crippen LogP contribution in [0.15, 0.2) is 48.5 Å². The van der Waals surface area contributed by atoms with E-state index in [0.717, 1.165) is 17.7 Å². The number of hydrogen-bond acceptors (Lipinski definition) is 5. The maximum atomic E-state index is 13.6. The number of halogens is 3. The summed E-state index contributed by atoms with van der Waals surface area (Å²) >= 11 is 0. The van der Waals surface area contributed by atoms with E-state index >= 15 is 0 Å². The van der Waals surface area contributed by atoms with Crippen LogP contribution in [0.4, 0.5) is 13.2 Å². The smallest absolute Gasteiger partial charge is 0.416 e. The van der Waals surface area contributed by atoms with Crippen molar-refractivity contribution in [1.82, 2.24) is 10.2 Å². The maximum absolute atomic E-state index is 13.6. The largest absolute Gasteiger partial charge is 0.489 e. The summed E-state index contributed by atoms with van der Waals surface area (Å²) in [6, 6.07) is 13.8. The van der Waals surface area contributed by atoms with Gasteiger partial charge in [-0.3, -0.25) is 9.69 Å². The van der Waals surface area contributed by atoms with Gasteiger partial charge in [0.05, 0.1) is 23.2 Å². The molecule has 6 nitrogen and oxygen atoms in total. The molecule has 2 atom stereocenters. The molecule has 4 rings (SSSR count). The molecule has 1 amide bonds. The Kier molecular flexibility index (Phi) is 7.33. The van der Waals surface area contributed by atoms with E-state index in [1.807, 2.05) is 19.1 Å². The molecule has 2 fully saturated rings. The van der Waals surface area contributed by atoms with E-state index in [9.17, 15) is 18.0 Å². The van der Waals surface area contributed by atoms with E-state index in [1.54, 1.807) is 12.1 Å². The quantitative estimate of drug-likeness (QED) is 0.652. The maximum Gasteiger partial charge on any atom is 0.416 e. The molecule has 2 aromatic carbocycles. The Labute approximate surface area is 202 Å². The Hall–Kier alpha value is -3.09. The average molecular weight is 488 g/mol. The number of benzene rings is 2. The van der Waals surface area contributed by atoms with Crippen molar-refractivity contribution < 1.29 is 27.4 Å². The monoisotopic (exact) mass is 487 g/mol. The van der Waals surface area contributed by atoms with Gasteiger partial charge >= 0.3 is 6.18 Å². The molecule has 0 bridgehead atoms. The van der Waals surface area contributed by atoms with Crippen LogP contribution >= 0.6 is 0 Å². The van der Waals surface area contributed by atoms with Crippen LogP contribution in [0.1, 0.15) is 48.9 Å². The van der Waals surface area contributed by atoms with Crippen LogP contribution in [-0.4, -0.2) is 48.8 Å². The number of carbonyl (C=O) groups is 1. The Morgan fingerprint density at radius 2 is 1.94 bits per heavy atom. The molecular weight excluding hydrogens is 459 g/mol. The Morgan fingerprint density at radius 1 is 1.23 bits per heavy atom. The zero-order chi connectivity index (χ0) is 25.1. The van der Waals surface area contributed by atoms with Crippen LogP contribution in [0.25, 0.3) is 0 Å². The summed E-state index contributed by atoms with van der Waals surface area (Å²) in [6.45, 7) is 3.84. The molecule has 1 N–H and O–H groups in total. The highest BCUT2D eigenvalue weighted by Gasteiger charge is 2.48. The molecule has 2 aliphatic heterocycles. The van der Waals surface area contributed by atoms with E-state index in [0.29, 0.717) is 51.1 Å². The topological polar surface area (TPSA) is 74.6 Å². The number of nitrogens with one attached hydrogen (secondary N) is 1. The predicted molar refractivity (Wildman–Crippen MR) is 123 cm³/mol. The summed E-state index contributed by atoms with van der Waals surface area (Å²) in [5, 5.41) is 12.1. The Morgan fingerprint density at radius 3 is 2.60 bits per heavy atom. The van der Waals surface area contributed by atoms with Crippen LogP contribution in [0.2, 0.25) is 0 Å². The van der Waals surface area contributed by atoms with Gasteiger partial charge in [-0.2, -0.15) is 18.4 Å². The second-order valence-electron chi connectivity index (χ2n) is 9.07. The lowest BCUT2D eigenvalue weighted by Gasteiger charge is -2.43. The van der Waals surface area contributed by atoms with E-state index in [-0.39, 0.29) is 23.8 Å². The van der Waals surface area contributed by atoms with Crippen molar-refractivity contribution in [2.24, 2.45) is 0 Å². The molecule has 0 unspecified atom stereocenters. The first kappa shape index (κ1) is 25.0. The predicted octanol–water partition coefficient (Wildman–Crippen LogP) is 4.46. The minimum Gasteiger partial charge on any atom is -0.489 e. The van der Waals surface area contributed by atoms with Crippen LogP contribution in [0.3, 0.4) is 0 Å². The van der Waals surface area contributed by atoms with E-state index in [4.69, 9.17) is 14.7 Å². The van der Waals surface area contributed by atoms with Gasteiger partial charge in [0.15, 0.2) is 0 Å². The highest BCUT2D eigenvalue weighted by Crippen LogP contribution is 2.35. The number of likely N-dealkylation sites (tertiary alicyclic amines) is 1. The third-order valence-corrected chi connectivity index (χ3v) is 6.84. The summed E-state index contributed by atoms with van der Waals surface area (Å²) in [4.78, 5) is 15.7. The van der Waals surface area contributed by atoms with Gasteiger partial charge in [-0.1, -0.05) is 18.2 Å². The summed E-state index contributed by atoms with van der Waals surface area (Å²) < 4.78 is 50.6. The van der Waals surface area contributed by atoms with Crippen molar-refractivity contribution in [3.05, 3.63) is 65.2 Å². The number of rotatable bonds is 6. The SMILES string of the molecule is C[C@H](NC(=O)C1(N2CC[C@@H](Oc3cccc(C(F)(F)F)c3)C2)CCOCC1)c1ccc(C#N)cc1. The zero-order valence-electron chi connectivity index (χ0n) is 19.5. The first-order valence-electron chi connectivity index (χ1n) is 11.7. The van der Waals surface area contributed by atoms with E-state index in [1.165, 1.54) is 12.1 Å². The van der Waals surface area contributed by atoms with Crippen molar-refractivity contribution in [2.45, 2.75) is 50.0 Å². The fraction of sp³-hybridized carbons (Fsp3) is 0.462. The van der Waals surface area contributed by atoms with Gasteiger partial charge in [0.25, 0.3) is 0 Å². The summed E-state index contributed by atoms with van der Waals surface area (Å²) in [5.74, 6) is 0.0731. The van der Waals surface area contributed by atoms with Gasteiger partial charge in [0, 0.05) is 26.3 Å². The highest BCUT2D eigenvalue weighted by atomic mass is 19.4. The lowest BCUT2D eigenvalue weighted by atomic mass is 9.86.